The van der Waals surface area contributed by atoms with Crippen molar-refractivity contribution in [3.8, 4) is 0 Å². The van der Waals surface area contributed by atoms with Gasteiger partial charge in [0, 0.05) is 13.1 Å². The molecule has 0 aromatic heterocycles. The van der Waals surface area contributed by atoms with Crippen LogP contribution in [0.25, 0.3) is 0 Å². The van der Waals surface area contributed by atoms with Gasteiger partial charge in [-0.05, 0) is 25.8 Å². The summed E-state index contributed by atoms with van der Waals surface area (Å²) in [6.45, 7) is 6.33. The molecule has 1 saturated heterocycles. The third-order valence-electron chi connectivity index (χ3n) is 2.10. The Bertz CT molecular complexity index is 125. The number of hydrogen-bond donors (Lipinski definition) is 0. The largest absolute Gasteiger partial charge is 0.297 e. The molecule has 1 radical (unpaired) electrons. The number of nitrogens with zero attached hydrogens (tertiary/aromatic N) is 1. The van der Waals surface area contributed by atoms with Crippen molar-refractivity contribution in [2.24, 2.45) is 0 Å². The van der Waals surface area contributed by atoms with E-state index in [2.05, 4.69) is 11.5 Å². The van der Waals surface area contributed by atoms with Gasteiger partial charge in [-0.15, -0.1) is 6.58 Å². The molecule has 1 fully saturated rings. The Balaban J connectivity index is 2.32. The summed E-state index contributed by atoms with van der Waals surface area (Å²) in [7, 11) is 0. The second-order valence-corrected chi connectivity index (χ2v) is 3.17. The van der Waals surface area contributed by atoms with Crippen LogP contribution >= 0.6 is 0 Å². The van der Waals surface area contributed by atoms with Crippen molar-refractivity contribution in [1.29, 1.82) is 0 Å². The molecule has 1 unspecified atom stereocenters. The molecule has 0 N–H and O–H groups in total. The molecule has 1 rings (SSSR count). The van der Waals surface area contributed by atoms with E-state index in [0.29, 0.717) is 6.54 Å². The summed E-state index contributed by atoms with van der Waals surface area (Å²) < 4.78 is 0. The van der Waals surface area contributed by atoms with Crippen LogP contribution in [0.15, 0.2) is 12.7 Å². The fraction of sp³-hybridized carbons (Fsp3) is 0.778. The van der Waals surface area contributed by atoms with Crippen molar-refractivity contribution >= 4 is 0 Å². The zero-order valence-electron chi connectivity index (χ0n) is 6.96. The highest BCUT2D eigenvalue weighted by molar-refractivity contribution is 4.77. The lowest BCUT2D eigenvalue weighted by Crippen LogP contribution is -2.30. The average Bonchev–Trinajstić information content (AvgIpc) is 2.15. The van der Waals surface area contributed by atoms with Crippen molar-refractivity contribution in [1.82, 2.24) is 4.90 Å². The van der Waals surface area contributed by atoms with Crippen LogP contribution in [0.2, 0.25) is 0 Å². The highest BCUT2D eigenvalue weighted by Gasteiger charge is 2.15. The second-order valence-electron chi connectivity index (χ2n) is 3.17. The van der Waals surface area contributed by atoms with Crippen LogP contribution < -0.4 is 0 Å². The molecular formula is C9H16NO. The zero-order chi connectivity index (χ0) is 8.10. The molecule has 0 saturated carbocycles. The minimum absolute atomic E-state index is 0.363. The van der Waals surface area contributed by atoms with Gasteiger partial charge in [0.15, 0.2) is 0 Å². The predicted octanol–water partition coefficient (Wildman–Crippen LogP) is 1.46. The maximum Gasteiger partial charge on any atom is 0.106 e. The van der Waals surface area contributed by atoms with Crippen LogP contribution in [-0.4, -0.2) is 30.6 Å². The maximum absolute atomic E-state index is 11.2. The summed E-state index contributed by atoms with van der Waals surface area (Å²) in [5, 5.41) is 11.2. The monoisotopic (exact) mass is 154 g/mol. The van der Waals surface area contributed by atoms with Crippen molar-refractivity contribution in [2.45, 2.75) is 25.4 Å². The normalized spacial score (nSPS) is 27.9. The quantitative estimate of drug-likeness (QED) is 0.552. The topological polar surface area (TPSA) is 23.1 Å². The Morgan fingerprint density at radius 3 is 3.09 bits per heavy atom. The van der Waals surface area contributed by atoms with Gasteiger partial charge >= 0.3 is 0 Å². The third-order valence-corrected chi connectivity index (χ3v) is 2.10. The van der Waals surface area contributed by atoms with E-state index in [9.17, 15) is 5.11 Å². The van der Waals surface area contributed by atoms with Gasteiger partial charge in [-0.25, -0.2) is 5.11 Å². The van der Waals surface area contributed by atoms with E-state index in [0.717, 1.165) is 25.9 Å². The third kappa shape index (κ3) is 3.04. The van der Waals surface area contributed by atoms with E-state index in [1.807, 2.05) is 6.08 Å². The van der Waals surface area contributed by atoms with E-state index in [4.69, 9.17) is 0 Å². The molecule has 0 amide bonds. The van der Waals surface area contributed by atoms with Gasteiger partial charge in [0.25, 0.3) is 0 Å². The van der Waals surface area contributed by atoms with E-state index >= 15 is 0 Å². The van der Waals surface area contributed by atoms with Gasteiger partial charge in [0.1, 0.15) is 6.10 Å². The van der Waals surface area contributed by atoms with E-state index in [-0.39, 0.29) is 6.10 Å². The standard InChI is InChI=1S/C9H16NO/c1-2-6-10-7-4-3-5-9(11)8-10/h2,9H,1,3-8H2. The smallest absolute Gasteiger partial charge is 0.106 e. The molecule has 1 aliphatic rings. The summed E-state index contributed by atoms with van der Waals surface area (Å²) in [5.41, 5.74) is 0. The summed E-state index contributed by atoms with van der Waals surface area (Å²) >= 11 is 0. The lowest BCUT2D eigenvalue weighted by Gasteiger charge is -2.18. The molecule has 1 atom stereocenters. The Labute approximate surface area is 68.5 Å². The summed E-state index contributed by atoms with van der Waals surface area (Å²) in [4.78, 5) is 2.19. The molecule has 2 nitrogen and oxygen atoms in total. The number of likely N-dealkylation sites (tertiary alicyclic amines) is 1. The summed E-state index contributed by atoms with van der Waals surface area (Å²) in [6.07, 6.45) is 4.64. The Hall–Kier alpha value is -0.340. The van der Waals surface area contributed by atoms with Gasteiger partial charge in [-0.3, -0.25) is 4.90 Å². The number of rotatable bonds is 2. The summed E-state index contributed by atoms with van der Waals surface area (Å²) in [5.74, 6) is 0. The SMILES string of the molecule is C=CCN1CCCCC([O])C1. The molecule has 0 aromatic rings. The maximum atomic E-state index is 11.2. The molecule has 1 heterocycles. The highest BCUT2D eigenvalue weighted by atomic mass is 16.3. The van der Waals surface area contributed by atoms with Crippen molar-refractivity contribution < 1.29 is 5.11 Å². The van der Waals surface area contributed by atoms with Crippen LogP contribution in [0, 0.1) is 0 Å². The van der Waals surface area contributed by atoms with Crippen LogP contribution in [0.4, 0.5) is 0 Å². The van der Waals surface area contributed by atoms with Crippen LogP contribution in [0.5, 0.6) is 0 Å². The predicted molar refractivity (Wildman–Crippen MR) is 45.0 cm³/mol. The molecule has 0 spiro atoms. The minimum Gasteiger partial charge on any atom is -0.297 e. The van der Waals surface area contributed by atoms with Crippen molar-refractivity contribution in [3.63, 3.8) is 0 Å². The molecule has 0 bridgehead atoms. The van der Waals surface area contributed by atoms with Crippen molar-refractivity contribution in [3.05, 3.63) is 12.7 Å². The van der Waals surface area contributed by atoms with E-state index in [1.54, 1.807) is 0 Å². The van der Waals surface area contributed by atoms with Gasteiger partial charge in [0.05, 0.1) is 0 Å². The Kier molecular flexibility index (Phi) is 3.60. The molecule has 0 aromatic carbocycles. The molecule has 0 aliphatic carbocycles. The van der Waals surface area contributed by atoms with E-state index < -0.39 is 0 Å². The van der Waals surface area contributed by atoms with E-state index in [1.165, 1.54) is 6.42 Å². The molecule has 11 heavy (non-hydrogen) atoms. The summed E-state index contributed by atoms with van der Waals surface area (Å²) in [6, 6.07) is 0. The van der Waals surface area contributed by atoms with Crippen LogP contribution in [0.3, 0.4) is 0 Å². The lowest BCUT2D eigenvalue weighted by atomic mass is 10.2. The molecule has 1 aliphatic heterocycles. The Morgan fingerprint density at radius 2 is 2.36 bits per heavy atom. The van der Waals surface area contributed by atoms with Crippen molar-refractivity contribution in [2.75, 3.05) is 19.6 Å². The van der Waals surface area contributed by atoms with Crippen LogP contribution in [0.1, 0.15) is 19.3 Å². The lowest BCUT2D eigenvalue weighted by molar-refractivity contribution is 0.0583. The zero-order valence-corrected chi connectivity index (χ0v) is 6.96. The highest BCUT2D eigenvalue weighted by Crippen LogP contribution is 2.10. The van der Waals surface area contributed by atoms with Gasteiger partial charge < -0.3 is 0 Å². The van der Waals surface area contributed by atoms with Crippen LogP contribution in [-0.2, 0) is 5.11 Å². The molecular weight excluding hydrogens is 138 g/mol. The Morgan fingerprint density at radius 1 is 1.55 bits per heavy atom. The second kappa shape index (κ2) is 4.52. The van der Waals surface area contributed by atoms with Gasteiger partial charge in [-0.1, -0.05) is 6.08 Å². The fourth-order valence-electron chi connectivity index (χ4n) is 1.53. The first-order chi connectivity index (χ1) is 5.33. The first kappa shape index (κ1) is 8.75. The molecule has 63 valence electrons. The number of hydrogen-bond acceptors (Lipinski definition) is 1. The minimum atomic E-state index is -0.363. The van der Waals surface area contributed by atoms with Gasteiger partial charge in [0.2, 0.25) is 0 Å². The average molecular weight is 154 g/mol. The first-order valence-corrected chi connectivity index (χ1v) is 4.32. The molecule has 2 heteroatoms. The van der Waals surface area contributed by atoms with Gasteiger partial charge in [-0.2, -0.15) is 0 Å². The first-order valence-electron chi connectivity index (χ1n) is 4.32. The fourth-order valence-corrected chi connectivity index (χ4v) is 1.53.